The fourth-order valence-electron chi connectivity index (χ4n) is 4.41. The second-order valence-electron chi connectivity index (χ2n) is 9.10. The standard InChI is InChI=1S/C28H29N3O6S/c1-15(2)26(34)29-10-3-11-30-28(38)31-16-4-7-19(22(12-16)27(35)36)25-20-8-5-17(32)13-23(20)37-24-14-18(33)6-9-21(24)25/h4-9,12-14,17,21,24,32-33H,1,3,10-11H2,2H3,(H,29,34)(H,35,36)(H2,30,31,38). The molecule has 0 spiro atoms. The summed E-state index contributed by atoms with van der Waals surface area (Å²) < 4.78 is 6.03. The molecule has 2 aliphatic carbocycles. The summed E-state index contributed by atoms with van der Waals surface area (Å²) in [6.07, 6.45) is 9.05. The first-order valence-corrected chi connectivity index (χ1v) is 12.5. The van der Waals surface area contributed by atoms with Gasteiger partial charge in [-0.2, -0.15) is 0 Å². The summed E-state index contributed by atoms with van der Waals surface area (Å²) >= 11 is 5.34. The number of anilines is 1. The third-order valence-corrected chi connectivity index (χ3v) is 6.45. The second kappa shape index (κ2) is 11.5. The second-order valence-corrected chi connectivity index (χ2v) is 9.51. The van der Waals surface area contributed by atoms with E-state index in [0.717, 1.165) is 5.57 Å². The lowest BCUT2D eigenvalue weighted by atomic mass is 9.77. The molecule has 198 valence electrons. The summed E-state index contributed by atoms with van der Waals surface area (Å²) in [4.78, 5) is 23.9. The van der Waals surface area contributed by atoms with Gasteiger partial charge in [-0.05, 0) is 67.1 Å². The predicted molar refractivity (Wildman–Crippen MR) is 148 cm³/mol. The molecule has 38 heavy (non-hydrogen) atoms. The summed E-state index contributed by atoms with van der Waals surface area (Å²) in [6, 6.07) is 4.97. The zero-order valence-corrected chi connectivity index (χ0v) is 21.5. The van der Waals surface area contributed by atoms with Crippen LogP contribution in [-0.4, -0.2) is 57.6 Å². The molecule has 0 aromatic heterocycles. The number of allylic oxidation sites excluding steroid dienone is 2. The van der Waals surface area contributed by atoms with Crippen molar-refractivity contribution in [3.05, 3.63) is 95.0 Å². The van der Waals surface area contributed by atoms with E-state index in [1.165, 1.54) is 6.07 Å². The van der Waals surface area contributed by atoms with Crippen molar-refractivity contribution in [2.24, 2.45) is 5.92 Å². The number of nitrogens with one attached hydrogen (secondary N) is 3. The molecule has 9 nitrogen and oxygen atoms in total. The number of benzene rings is 1. The van der Waals surface area contributed by atoms with E-state index in [2.05, 4.69) is 22.5 Å². The molecule has 1 heterocycles. The van der Waals surface area contributed by atoms with E-state index in [9.17, 15) is 24.9 Å². The van der Waals surface area contributed by atoms with E-state index >= 15 is 0 Å². The fraction of sp³-hybridized carbons (Fsp3) is 0.250. The van der Waals surface area contributed by atoms with E-state index in [1.807, 2.05) is 0 Å². The van der Waals surface area contributed by atoms with Crippen LogP contribution in [0.15, 0.2) is 83.9 Å². The van der Waals surface area contributed by atoms with Crippen molar-refractivity contribution in [3.63, 3.8) is 0 Å². The van der Waals surface area contributed by atoms with Crippen molar-refractivity contribution in [1.29, 1.82) is 0 Å². The summed E-state index contributed by atoms with van der Waals surface area (Å²) in [5.41, 5.74) is 2.89. The quantitative estimate of drug-likeness (QED) is 0.168. The Balaban J connectivity index is 1.54. The Morgan fingerprint density at radius 3 is 2.63 bits per heavy atom. The maximum Gasteiger partial charge on any atom is 0.336 e. The number of carboxylic acid groups (broad SMARTS) is 1. The van der Waals surface area contributed by atoms with Crippen molar-refractivity contribution < 1.29 is 29.6 Å². The van der Waals surface area contributed by atoms with Gasteiger partial charge < -0.3 is 36.0 Å². The Bertz CT molecular complexity index is 1340. The van der Waals surface area contributed by atoms with Gasteiger partial charge in [-0.3, -0.25) is 4.79 Å². The number of aromatic carboxylic acids is 1. The summed E-state index contributed by atoms with van der Waals surface area (Å²) in [5.74, 6) is -1.17. The summed E-state index contributed by atoms with van der Waals surface area (Å²) in [6.45, 7) is 6.20. The van der Waals surface area contributed by atoms with Gasteiger partial charge in [0.1, 0.15) is 17.6 Å². The van der Waals surface area contributed by atoms with Crippen molar-refractivity contribution >= 4 is 40.5 Å². The molecule has 6 N–H and O–H groups in total. The Labute approximate surface area is 225 Å². The van der Waals surface area contributed by atoms with E-state index in [1.54, 1.807) is 55.5 Å². The number of hydrogen-bond donors (Lipinski definition) is 6. The molecule has 1 amide bonds. The number of ether oxygens (including phenoxy) is 1. The molecule has 1 aromatic rings. The number of hydrogen-bond acceptors (Lipinski definition) is 6. The van der Waals surface area contributed by atoms with Crippen molar-refractivity contribution in [3.8, 4) is 0 Å². The van der Waals surface area contributed by atoms with Crippen molar-refractivity contribution in [1.82, 2.24) is 10.6 Å². The van der Waals surface area contributed by atoms with Crippen LogP contribution < -0.4 is 16.0 Å². The lowest BCUT2D eigenvalue weighted by molar-refractivity contribution is -0.117. The Hall–Kier alpha value is -4.15. The number of fused-ring (bicyclic) bond motifs is 2. The van der Waals surface area contributed by atoms with Gasteiger partial charge >= 0.3 is 5.97 Å². The smallest absolute Gasteiger partial charge is 0.336 e. The Morgan fingerprint density at radius 2 is 1.89 bits per heavy atom. The van der Waals surface area contributed by atoms with Crippen LogP contribution in [0, 0.1) is 5.92 Å². The fourth-order valence-corrected chi connectivity index (χ4v) is 4.63. The highest BCUT2D eigenvalue weighted by Gasteiger charge is 2.37. The molecule has 0 fully saturated rings. The monoisotopic (exact) mass is 535 g/mol. The molecule has 1 aliphatic heterocycles. The van der Waals surface area contributed by atoms with Crippen molar-refractivity contribution in [2.45, 2.75) is 25.6 Å². The maximum atomic E-state index is 12.4. The number of amides is 1. The lowest BCUT2D eigenvalue weighted by Crippen LogP contribution is -2.32. The molecule has 0 saturated heterocycles. The Morgan fingerprint density at radius 1 is 1.13 bits per heavy atom. The summed E-state index contributed by atoms with van der Waals surface area (Å²) in [7, 11) is 0. The van der Waals surface area contributed by atoms with Gasteiger partial charge in [0.2, 0.25) is 5.91 Å². The predicted octanol–water partition coefficient (Wildman–Crippen LogP) is 3.35. The lowest BCUT2D eigenvalue weighted by Gasteiger charge is -2.37. The highest BCUT2D eigenvalue weighted by atomic mass is 32.1. The van der Waals surface area contributed by atoms with Gasteiger partial charge in [0, 0.05) is 35.8 Å². The first kappa shape index (κ1) is 26.9. The van der Waals surface area contributed by atoms with Gasteiger partial charge in [-0.15, -0.1) is 0 Å². The molecule has 4 rings (SSSR count). The average molecular weight is 536 g/mol. The molecule has 3 aliphatic rings. The number of rotatable bonds is 8. The minimum absolute atomic E-state index is 0.0544. The van der Waals surface area contributed by atoms with Crippen LogP contribution in [0.2, 0.25) is 0 Å². The third-order valence-electron chi connectivity index (χ3n) is 6.21. The normalized spacial score (nSPS) is 21.3. The van der Waals surface area contributed by atoms with Gasteiger partial charge in [-0.25, -0.2) is 4.79 Å². The number of aliphatic hydroxyl groups excluding tert-OH is 2. The van der Waals surface area contributed by atoms with Crippen LogP contribution in [0.4, 0.5) is 5.69 Å². The van der Waals surface area contributed by atoms with E-state index in [4.69, 9.17) is 17.0 Å². The molecule has 0 bridgehead atoms. The SMILES string of the molecule is C=C(C)C(=O)NCCCNC(=S)Nc1ccc(C2=C3C=CC(O)C=C3OC3C=C(O)C=CC23)c(C(=O)O)c1. The molecule has 0 radical (unpaired) electrons. The minimum atomic E-state index is -1.12. The molecule has 3 atom stereocenters. The Kier molecular flexibility index (Phi) is 8.13. The molecular weight excluding hydrogens is 506 g/mol. The topological polar surface area (TPSA) is 140 Å². The first-order chi connectivity index (χ1) is 18.1. The van der Waals surface area contributed by atoms with Crippen LogP contribution in [0.1, 0.15) is 29.3 Å². The zero-order chi connectivity index (χ0) is 27.4. The van der Waals surface area contributed by atoms with E-state index in [0.29, 0.717) is 52.8 Å². The molecule has 1 aromatic carbocycles. The number of carbonyl (C=O) groups is 2. The maximum absolute atomic E-state index is 12.4. The van der Waals surface area contributed by atoms with Crippen LogP contribution in [0.25, 0.3) is 5.57 Å². The first-order valence-electron chi connectivity index (χ1n) is 12.1. The number of aliphatic hydroxyl groups is 2. The van der Waals surface area contributed by atoms with E-state index in [-0.39, 0.29) is 23.1 Å². The van der Waals surface area contributed by atoms with Crippen molar-refractivity contribution in [2.75, 3.05) is 18.4 Å². The molecular formula is C28H29N3O6S. The molecule has 0 saturated carbocycles. The molecule has 10 heteroatoms. The number of carboxylic acids is 1. The summed E-state index contributed by atoms with van der Waals surface area (Å²) in [5, 5.41) is 39.3. The van der Waals surface area contributed by atoms with Gasteiger partial charge in [-0.1, -0.05) is 30.9 Å². The van der Waals surface area contributed by atoms with E-state index < -0.39 is 18.2 Å². The van der Waals surface area contributed by atoms with Crippen LogP contribution >= 0.6 is 12.2 Å². The van der Waals surface area contributed by atoms with Gasteiger partial charge in [0.25, 0.3) is 0 Å². The number of carbonyl (C=O) groups excluding carboxylic acids is 1. The van der Waals surface area contributed by atoms with Gasteiger partial charge in [0.05, 0.1) is 11.7 Å². The number of thiocarbonyl (C=S) groups is 1. The van der Waals surface area contributed by atoms with Crippen LogP contribution in [-0.2, 0) is 9.53 Å². The zero-order valence-electron chi connectivity index (χ0n) is 20.7. The highest BCUT2D eigenvalue weighted by Crippen LogP contribution is 2.45. The average Bonchev–Trinajstić information content (AvgIpc) is 2.86. The molecule has 3 unspecified atom stereocenters. The van der Waals surface area contributed by atoms with Crippen LogP contribution in [0.3, 0.4) is 0 Å². The largest absolute Gasteiger partial charge is 0.508 e. The van der Waals surface area contributed by atoms with Crippen LogP contribution in [0.5, 0.6) is 0 Å². The van der Waals surface area contributed by atoms with Gasteiger partial charge in [0.15, 0.2) is 5.11 Å². The highest BCUT2D eigenvalue weighted by molar-refractivity contribution is 7.80. The minimum Gasteiger partial charge on any atom is -0.508 e. The third kappa shape index (κ3) is 6.04.